The van der Waals surface area contributed by atoms with Crippen LogP contribution in [0.3, 0.4) is 0 Å². The molecule has 10 heteroatoms. The van der Waals surface area contributed by atoms with Gasteiger partial charge in [-0.25, -0.2) is 4.98 Å². The van der Waals surface area contributed by atoms with Crippen LogP contribution in [0, 0.1) is 5.92 Å². The molecule has 9 nitrogen and oxygen atoms in total. The fourth-order valence-corrected chi connectivity index (χ4v) is 5.22. The lowest BCUT2D eigenvalue weighted by molar-refractivity contribution is -0.142. The van der Waals surface area contributed by atoms with E-state index in [1.807, 2.05) is 24.6 Å². The molecular formula is C25H29N5O4S. The van der Waals surface area contributed by atoms with Gasteiger partial charge in [-0.1, -0.05) is 0 Å². The number of thiazole rings is 1. The number of hydrogen-bond donors (Lipinski definition) is 1. The maximum Gasteiger partial charge on any atom is 0.162 e. The summed E-state index contributed by atoms with van der Waals surface area (Å²) in [4.78, 5) is 48.0. The van der Waals surface area contributed by atoms with Crippen LogP contribution in [0.4, 0.5) is 5.69 Å². The van der Waals surface area contributed by atoms with Crippen LogP contribution in [-0.4, -0.2) is 87.1 Å². The summed E-state index contributed by atoms with van der Waals surface area (Å²) >= 11 is 1.49. The number of aldehydes is 3. The number of aromatic nitrogens is 1. The molecule has 2 atom stereocenters. The maximum absolute atomic E-state index is 12.2. The van der Waals surface area contributed by atoms with Gasteiger partial charge >= 0.3 is 0 Å². The van der Waals surface area contributed by atoms with Crippen molar-refractivity contribution in [2.24, 2.45) is 10.9 Å². The summed E-state index contributed by atoms with van der Waals surface area (Å²) in [5.41, 5.74) is 2.11. The van der Waals surface area contributed by atoms with Crippen molar-refractivity contribution in [2.75, 3.05) is 51.8 Å². The number of piperidine rings is 1. The van der Waals surface area contributed by atoms with Crippen molar-refractivity contribution in [3.63, 3.8) is 0 Å². The number of carbonyl (C=O) groups is 3. The molecule has 2 aromatic rings. The molecule has 1 aromatic heterocycles. The topological polar surface area (TPSA) is 104 Å². The van der Waals surface area contributed by atoms with Crippen LogP contribution in [0.2, 0.25) is 0 Å². The van der Waals surface area contributed by atoms with Gasteiger partial charge in [-0.3, -0.25) is 19.5 Å². The number of likely N-dealkylation sites (tertiary alicyclic amines) is 1. The first-order chi connectivity index (χ1) is 17.0. The fraction of sp³-hybridized carbons (Fsp3) is 0.400. The number of anilines is 1. The summed E-state index contributed by atoms with van der Waals surface area (Å²) in [5.74, 6) is 0.567. The molecule has 0 spiro atoms. The number of amidine groups is 1. The predicted molar refractivity (Wildman–Crippen MR) is 135 cm³/mol. The molecule has 0 saturated carbocycles. The molecule has 2 aliphatic rings. The Morgan fingerprint density at radius 3 is 2.69 bits per heavy atom. The van der Waals surface area contributed by atoms with Crippen LogP contribution in [0.15, 0.2) is 52.1 Å². The number of carbonyl (C=O) groups excluding carboxylic acids is 3. The molecule has 1 fully saturated rings. The molecule has 2 unspecified atom stereocenters. The van der Waals surface area contributed by atoms with Crippen molar-refractivity contribution in [1.29, 1.82) is 0 Å². The molecular weight excluding hydrogens is 466 g/mol. The fourth-order valence-electron chi connectivity index (χ4n) is 4.62. The first kappa shape index (κ1) is 24.9. The van der Waals surface area contributed by atoms with E-state index in [-0.39, 0.29) is 5.92 Å². The van der Waals surface area contributed by atoms with Gasteiger partial charge in [-0.2, -0.15) is 0 Å². The second-order valence-corrected chi connectivity index (χ2v) is 9.69. The van der Waals surface area contributed by atoms with Crippen LogP contribution in [-0.2, 0) is 14.3 Å². The lowest BCUT2D eigenvalue weighted by Crippen LogP contribution is -2.57. The molecule has 184 valence electrons. The monoisotopic (exact) mass is 495 g/mol. The molecule has 0 bridgehead atoms. The van der Waals surface area contributed by atoms with Gasteiger partial charge in [0.1, 0.15) is 18.2 Å². The molecule has 3 heterocycles. The van der Waals surface area contributed by atoms with Gasteiger partial charge in [-0.15, -0.1) is 11.3 Å². The van der Waals surface area contributed by atoms with Crippen molar-refractivity contribution in [3.8, 4) is 0 Å². The first-order valence-electron chi connectivity index (χ1n) is 11.4. The SMILES string of the molecule is COC1(C=O)CCN(CC2=C(C=O)CN=C(c3nccs3)N2)CC1CN(C)c1ccc(C=O)cc1. The van der Waals surface area contributed by atoms with Crippen molar-refractivity contribution in [3.05, 3.63) is 57.7 Å². The van der Waals surface area contributed by atoms with Crippen molar-refractivity contribution < 1.29 is 19.1 Å². The third-order valence-corrected chi connectivity index (χ3v) is 7.54. The minimum atomic E-state index is -0.886. The molecule has 4 rings (SSSR count). The highest BCUT2D eigenvalue weighted by atomic mass is 32.1. The standard InChI is InChI=1S/C25H29N5O4S/c1-29(21-5-3-18(15-31)4-6-21)12-20-13-30(9-7-25(20,17-33)34-2)14-22-19(16-32)11-27-23(28-22)24-26-8-10-35-24/h3-6,8,10,15-17,20H,7,9,11-14H2,1-2H3,(H,27,28). The van der Waals surface area contributed by atoms with E-state index in [1.165, 1.54) is 11.3 Å². The molecule has 0 aliphatic carbocycles. The normalized spacial score (nSPS) is 22.8. The Kier molecular flexibility index (Phi) is 7.84. The summed E-state index contributed by atoms with van der Waals surface area (Å²) in [6, 6.07) is 7.34. The summed E-state index contributed by atoms with van der Waals surface area (Å²) in [6.07, 6.45) is 4.88. The first-order valence-corrected chi connectivity index (χ1v) is 12.3. The zero-order valence-electron chi connectivity index (χ0n) is 19.8. The van der Waals surface area contributed by atoms with Crippen molar-refractivity contribution in [2.45, 2.75) is 12.0 Å². The minimum Gasteiger partial charge on any atom is -0.374 e. The number of hydrogen-bond acceptors (Lipinski definition) is 10. The van der Waals surface area contributed by atoms with Gasteiger partial charge < -0.3 is 19.7 Å². The molecule has 0 amide bonds. The van der Waals surface area contributed by atoms with E-state index in [1.54, 1.807) is 25.4 Å². The summed E-state index contributed by atoms with van der Waals surface area (Å²) in [6.45, 7) is 2.70. The zero-order valence-corrected chi connectivity index (χ0v) is 20.7. The third-order valence-electron chi connectivity index (χ3n) is 6.76. The Labute approximate surface area is 208 Å². The van der Waals surface area contributed by atoms with Gasteiger partial charge in [0.05, 0.1) is 6.54 Å². The van der Waals surface area contributed by atoms with E-state index in [4.69, 9.17) is 4.74 Å². The van der Waals surface area contributed by atoms with Gasteiger partial charge in [0.2, 0.25) is 0 Å². The average molecular weight is 496 g/mol. The van der Waals surface area contributed by atoms with Gasteiger partial charge in [0, 0.05) is 80.4 Å². The number of ether oxygens (including phenoxy) is 1. The van der Waals surface area contributed by atoms with Crippen LogP contribution in [0.5, 0.6) is 0 Å². The maximum atomic E-state index is 12.2. The van der Waals surface area contributed by atoms with Crippen molar-refractivity contribution >= 4 is 41.7 Å². The summed E-state index contributed by atoms with van der Waals surface area (Å²) in [5, 5.41) is 5.98. The van der Waals surface area contributed by atoms with Crippen LogP contribution < -0.4 is 10.2 Å². The van der Waals surface area contributed by atoms with Gasteiger partial charge in [-0.05, 0) is 30.7 Å². The summed E-state index contributed by atoms with van der Waals surface area (Å²) < 4.78 is 5.78. The highest BCUT2D eigenvalue weighted by Gasteiger charge is 2.44. The molecule has 2 aliphatic heterocycles. The van der Waals surface area contributed by atoms with Crippen LogP contribution >= 0.6 is 11.3 Å². The van der Waals surface area contributed by atoms with Crippen LogP contribution in [0.25, 0.3) is 0 Å². The lowest BCUT2D eigenvalue weighted by Gasteiger charge is -2.45. The van der Waals surface area contributed by atoms with E-state index in [2.05, 4.69) is 25.1 Å². The Morgan fingerprint density at radius 1 is 1.26 bits per heavy atom. The highest BCUT2D eigenvalue weighted by molar-refractivity contribution is 7.11. The van der Waals surface area contributed by atoms with Crippen LogP contribution in [0.1, 0.15) is 21.8 Å². The number of nitrogens with zero attached hydrogens (tertiary/aromatic N) is 4. The largest absolute Gasteiger partial charge is 0.374 e. The number of methoxy groups -OCH3 is 1. The lowest BCUT2D eigenvalue weighted by atomic mass is 9.81. The molecule has 0 radical (unpaired) electrons. The number of nitrogens with one attached hydrogen (secondary N) is 1. The van der Waals surface area contributed by atoms with E-state index in [0.29, 0.717) is 56.1 Å². The smallest absolute Gasteiger partial charge is 0.162 e. The molecule has 1 saturated heterocycles. The van der Waals surface area contributed by atoms with E-state index >= 15 is 0 Å². The van der Waals surface area contributed by atoms with Gasteiger partial charge in [0.25, 0.3) is 0 Å². The predicted octanol–water partition coefficient (Wildman–Crippen LogP) is 1.80. The Bertz CT molecular complexity index is 1120. The Morgan fingerprint density at radius 2 is 2.06 bits per heavy atom. The zero-order chi connectivity index (χ0) is 24.8. The average Bonchev–Trinajstić information content (AvgIpc) is 3.44. The minimum absolute atomic E-state index is 0.106. The second kappa shape index (κ2) is 11.0. The Hall–Kier alpha value is -3.21. The second-order valence-electron chi connectivity index (χ2n) is 8.80. The van der Waals surface area contributed by atoms with Gasteiger partial charge in [0.15, 0.2) is 17.1 Å². The number of benzene rings is 1. The Balaban J connectivity index is 1.49. The number of rotatable bonds is 10. The number of aliphatic imine (C=N–C) groups is 1. The molecule has 1 N–H and O–H groups in total. The van der Waals surface area contributed by atoms with E-state index in [9.17, 15) is 14.4 Å². The highest BCUT2D eigenvalue weighted by Crippen LogP contribution is 2.32. The molecule has 1 aromatic carbocycles. The quantitative estimate of drug-likeness (QED) is 0.498. The van der Waals surface area contributed by atoms with E-state index < -0.39 is 5.60 Å². The van der Waals surface area contributed by atoms with E-state index in [0.717, 1.165) is 35.3 Å². The third kappa shape index (κ3) is 5.39. The molecule has 35 heavy (non-hydrogen) atoms. The summed E-state index contributed by atoms with van der Waals surface area (Å²) in [7, 11) is 3.55. The van der Waals surface area contributed by atoms with Crippen molar-refractivity contribution in [1.82, 2.24) is 15.2 Å².